The van der Waals surface area contributed by atoms with Crippen LogP contribution < -0.4 is 0 Å². The smallest absolute Gasteiger partial charge is 0.333 e. The zero-order valence-corrected chi connectivity index (χ0v) is 9.26. The molecule has 76 valence electrons. The molecule has 2 heteroatoms. The van der Waals surface area contributed by atoms with E-state index in [4.69, 9.17) is 4.74 Å². The lowest BCUT2D eigenvalue weighted by molar-refractivity contribution is -0.145. The minimum atomic E-state index is -0.192. The lowest BCUT2D eigenvalue weighted by atomic mass is 10.1. The second-order valence-corrected chi connectivity index (χ2v) is 3.65. The van der Waals surface area contributed by atoms with Gasteiger partial charge in [-0.2, -0.15) is 0 Å². The third-order valence-electron chi connectivity index (χ3n) is 2.06. The molecule has 0 amide bonds. The Morgan fingerprint density at radius 1 is 1.38 bits per heavy atom. The predicted octanol–water partition coefficient (Wildman–Crippen LogP) is 2.93. The number of carbonyl (C=O) groups excluding carboxylic acids is 1. The Balaban J connectivity index is 4.08. The highest BCUT2D eigenvalue weighted by Crippen LogP contribution is 2.08. The Morgan fingerprint density at radius 2 is 1.92 bits per heavy atom. The molecule has 1 unspecified atom stereocenters. The maximum Gasteiger partial charge on any atom is 0.333 e. The molecule has 13 heavy (non-hydrogen) atoms. The molecule has 0 heterocycles. The van der Waals surface area contributed by atoms with Gasteiger partial charge in [0.05, 0.1) is 0 Å². The number of allylic oxidation sites excluding steroid dienone is 1. The van der Waals surface area contributed by atoms with Crippen molar-refractivity contribution in [3.63, 3.8) is 0 Å². The summed E-state index contributed by atoms with van der Waals surface area (Å²) in [5, 5.41) is 0. The SMILES string of the molecule is CC/C=C(\C)C(=O)OC(C)C(C)C. The maximum atomic E-state index is 11.4. The summed E-state index contributed by atoms with van der Waals surface area (Å²) in [6, 6.07) is 0. The van der Waals surface area contributed by atoms with E-state index in [0.29, 0.717) is 11.5 Å². The lowest BCUT2D eigenvalue weighted by Gasteiger charge is -2.16. The number of hydrogen-bond acceptors (Lipinski definition) is 2. The van der Waals surface area contributed by atoms with Crippen LogP contribution in [-0.4, -0.2) is 12.1 Å². The van der Waals surface area contributed by atoms with E-state index in [-0.39, 0.29) is 12.1 Å². The minimum Gasteiger partial charge on any atom is -0.459 e. The van der Waals surface area contributed by atoms with Gasteiger partial charge in [-0.15, -0.1) is 0 Å². The molecule has 0 aliphatic carbocycles. The average Bonchev–Trinajstić information content (AvgIpc) is 2.04. The molecule has 0 N–H and O–H groups in total. The van der Waals surface area contributed by atoms with Crippen molar-refractivity contribution in [1.82, 2.24) is 0 Å². The number of esters is 1. The van der Waals surface area contributed by atoms with Crippen molar-refractivity contribution in [2.24, 2.45) is 5.92 Å². The first-order valence-electron chi connectivity index (χ1n) is 4.86. The van der Waals surface area contributed by atoms with Gasteiger partial charge in [-0.3, -0.25) is 0 Å². The molecule has 0 bridgehead atoms. The van der Waals surface area contributed by atoms with Gasteiger partial charge in [0.1, 0.15) is 6.10 Å². The summed E-state index contributed by atoms with van der Waals surface area (Å²) >= 11 is 0. The van der Waals surface area contributed by atoms with E-state index in [1.54, 1.807) is 6.92 Å². The largest absolute Gasteiger partial charge is 0.459 e. The van der Waals surface area contributed by atoms with Crippen molar-refractivity contribution < 1.29 is 9.53 Å². The predicted molar refractivity (Wildman–Crippen MR) is 54.4 cm³/mol. The Kier molecular flexibility index (Phi) is 5.44. The molecule has 0 spiro atoms. The monoisotopic (exact) mass is 184 g/mol. The van der Waals surface area contributed by atoms with Gasteiger partial charge in [-0.25, -0.2) is 4.79 Å². The maximum absolute atomic E-state index is 11.4. The van der Waals surface area contributed by atoms with Crippen LogP contribution in [0.25, 0.3) is 0 Å². The van der Waals surface area contributed by atoms with Gasteiger partial charge in [0.2, 0.25) is 0 Å². The Morgan fingerprint density at radius 3 is 2.31 bits per heavy atom. The van der Waals surface area contributed by atoms with E-state index in [0.717, 1.165) is 6.42 Å². The molecule has 1 atom stereocenters. The van der Waals surface area contributed by atoms with Crippen LogP contribution in [0.5, 0.6) is 0 Å². The van der Waals surface area contributed by atoms with Crippen LogP contribution in [0.1, 0.15) is 41.0 Å². The van der Waals surface area contributed by atoms with Crippen LogP contribution in [-0.2, 0) is 9.53 Å². The van der Waals surface area contributed by atoms with Crippen LogP contribution in [0.3, 0.4) is 0 Å². The summed E-state index contributed by atoms with van der Waals surface area (Å²) < 4.78 is 5.22. The highest BCUT2D eigenvalue weighted by molar-refractivity contribution is 5.87. The van der Waals surface area contributed by atoms with Gasteiger partial charge >= 0.3 is 5.97 Å². The van der Waals surface area contributed by atoms with E-state index < -0.39 is 0 Å². The van der Waals surface area contributed by atoms with Gasteiger partial charge in [0.25, 0.3) is 0 Å². The first-order chi connectivity index (χ1) is 5.99. The summed E-state index contributed by atoms with van der Waals surface area (Å²) in [6.07, 6.45) is 2.75. The van der Waals surface area contributed by atoms with Crippen molar-refractivity contribution in [2.75, 3.05) is 0 Å². The molecule has 0 fully saturated rings. The molecule has 0 radical (unpaired) electrons. The normalized spacial score (nSPS) is 14.5. The summed E-state index contributed by atoms with van der Waals surface area (Å²) in [5.74, 6) is 0.182. The van der Waals surface area contributed by atoms with E-state index in [9.17, 15) is 4.79 Å². The molecule has 0 aliphatic rings. The van der Waals surface area contributed by atoms with Gasteiger partial charge in [0, 0.05) is 5.57 Å². The number of hydrogen-bond donors (Lipinski definition) is 0. The molecule has 0 aliphatic heterocycles. The van der Waals surface area contributed by atoms with Crippen LogP contribution >= 0.6 is 0 Å². The topological polar surface area (TPSA) is 26.3 Å². The van der Waals surface area contributed by atoms with Gasteiger partial charge in [-0.05, 0) is 26.2 Å². The molecule has 0 saturated carbocycles. The number of carbonyl (C=O) groups is 1. The molecule has 0 aromatic rings. The number of rotatable bonds is 4. The van der Waals surface area contributed by atoms with Crippen molar-refractivity contribution in [2.45, 2.75) is 47.1 Å². The fraction of sp³-hybridized carbons (Fsp3) is 0.727. The zero-order chi connectivity index (χ0) is 10.4. The van der Waals surface area contributed by atoms with Gasteiger partial charge < -0.3 is 4.74 Å². The summed E-state index contributed by atoms with van der Waals surface area (Å²) in [4.78, 5) is 11.4. The van der Waals surface area contributed by atoms with Crippen molar-refractivity contribution >= 4 is 5.97 Å². The van der Waals surface area contributed by atoms with Gasteiger partial charge in [0.15, 0.2) is 0 Å². The number of ether oxygens (including phenoxy) is 1. The highest BCUT2D eigenvalue weighted by Gasteiger charge is 2.13. The lowest BCUT2D eigenvalue weighted by Crippen LogP contribution is -2.20. The second kappa shape index (κ2) is 5.79. The molecule has 0 saturated heterocycles. The highest BCUT2D eigenvalue weighted by atomic mass is 16.5. The summed E-state index contributed by atoms with van der Waals surface area (Å²) in [5.41, 5.74) is 0.704. The summed E-state index contributed by atoms with van der Waals surface area (Å²) in [6.45, 7) is 9.79. The average molecular weight is 184 g/mol. The van der Waals surface area contributed by atoms with Crippen LogP contribution in [0.4, 0.5) is 0 Å². The molecular formula is C11H20O2. The van der Waals surface area contributed by atoms with Crippen molar-refractivity contribution in [1.29, 1.82) is 0 Å². The van der Waals surface area contributed by atoms with Crippen LogP contribution in [0.15, 0.2) is 11.6 Å². The van der Waals surface area contributed by atoms with Crippen LogP contribution in [0.2, 0.25) is 0 Å². The van der Waals surface area contributed by atoms with E-state index in [1.165, 1.54) is 0 Å². The quantitative estimate of drug-likeness (QED) is 0.496. The second-order valence-electron chi connectivity index (χ2n) is 3.65. The Labute approximate surface area is 81.0 Å². The van der Waals surface area contributed by atoms with E-state index in [1.807, 2.05) is 33.8 Å². The molecule has 2 nitrogen and oxygen atoms in total. The molecule has 0 aromatic carbocycles. The third-order valence-corrected chi connectivity index (χ3v) is 2.06. The molecule has 0 aromatic heterocycles. The first kappa shape index (κ1) is 12.2. The minimum absolute atomic E-state index is 0.00675. The summed E-state index contributed by atoms with van der Waals surface area (Å²) in [7, 11) is 0. The van der Waals surface area contributed by atoms with E-state index in [2.05, 4.69) is 0 Å². The Bertz CT molecular complexity index is 192. The zero-order valence-electron chi connectivity index (χ0n) is 9.26. The van der Waals surface area contributed by atoms with Crippen LogP contribution in [0, 0.1) is 5.92 Å². The van der Waals surface area contributed by atoms with Gasteiger partial charge in [-0.1, -0.05) is 26.8 Å². The first-order valence-corrected chi connectivity index (χ1v) is 4.86. The molecular weight excluding hydrogens is 164 g/mol. The standard InChI is InChI=1S/C11H20O2/c1-6-7-9(4)11(12)13-10(5)8(2)3/h7-8,10H,6H2,1-5H3/b9-7+. The van der Waals surface area contributed by atoms with Crippen molar-refractivity contribution in [3.8, 4) is 0 Å². The fourth-order valence-corrected chi connectivity index (χ4v) is 0.787. The fourth-order valence-electron chi connectivity index (χ4n) is 0.787. The third kappa shape index (κ3) is 4.71. The Hall–Kier alpha value is -0.790. The van der Waals surface area contributed by atoms with Crippen molar-refractivity contribution in [3.05, 3.63) is 11.6 Å². The molecule has 0 rings (SSSR count). The van der Waals surface area contributed by atoms with E-state index >= 15 is 0 Å².